The van der Waals surface area contributed by atoms with E-state index in [0.29, 0.717) is 0 Å². The SMILES string of the molecule is Oc1ccc(CCCCCCCCCCc2ccccc2)cc1O. The molecule has 2 nitrogen and oxygen atoms in total. The molecule has 2 rings (SSSR count). The summed E-state index contributed by atoms with van der Waals surface area (Å²) in [5, 5.41) is 18.8. The lowest BCUT2D eigenvalue weighted by atomic mass is 10.0. The maximum atomic E-state index is 9.47. The quantitative estimate of drug-likeness (QED) is 0.392. The lowest BCUT2D eigenvalue weighted by molar-refractivity contribution is 0.403. The van der Waals surface area contributed by atoms with Crippen LogP contribution in [0.2, 0.25) is 0 Å². The number of aromatic hydroxyl groups is 2. The number of phenols is 2. The van der Waals surface area contributed by atoms with E-state index in [1.54, 1.807) is 12.1 Å². The van der Waals surface area contributed by atoms with Crippen molar-refractivity contribution in [3.05, 3.63) is 59.7 Å². The Labute approximate surface area is 146 Å². The molecule has 0 atom stereocenters. The Bertz CT molecular complexity index is 578. The largest absolute Gasteiger partial charge is 0.504 e. The van der Waals surface area contributed by atoms with Gasteiger partial charge in [0.05, 0.1) is 0 Å². The first-order chi connectivity index (χ1) is 11.8. The molecule has 0 aromatic heterocycles. The number of phenolic OH excluding ortho intramolecular Hbond substituents is 2. The van der Waals surface area contributed by atoms with Crippen molar-refractivity contribution in [1.82, 2.24) is 0 Å². The molecule has 0 bridgehead atoms. The molecule has 2 heteroatoms. The average molecular weight is 326 g/mol. The molecular formula is C22H30O2. The maximum Gasteiger partial charge on any atom is 0.157 e. The molecule has 0 aliphatic heterocycles. The van der Waals surface area contributed by atoms with Gasteiger partial charge in [0.15, 0.2) is 11.5 Å². The van der Waals surface area contributed by atoms with E-state index in [1.165, 1.54) is 56.9 Å². The summed E-state index contributed by atoms with van der Waals surface area (Å²) in [6, 6.07) is 15.9. The fourth-order valence-electron chi connectivity index (χ4n) is 3.09. The van der Waals surface area contributed by atoms with Crippen molar-refractivity contribution in [1.29, 1.82) is 0 Å². The molecule has 2 aromatic rings. The zero-order valence-corrected chi connectivity index (χ0v) is 14.6. The van der Waals surface area contributed by atoms with E-state index in [1.807, 2.05) is 6.07 Å². The molecule has 0 saturated carbocycles. The Kier molecular flexibility index (Phi) is 8.23. The summed E-state index contributed by atoms with van der Waals surface area (Å²) < 4.78 is 0. The maximum absolute atomic E-state index is 9.47. The van der Waals surface area contributed by atoms with Crippen LogP contribution in [0.15, 0.2) is 48.5 Å². The highest BCUT2D eigenvalue weighted by atomic mass is 16.3. The fraction of sp³-hybridized carbons (Fsp3) is 0.455. The number of benzene rings is 2. The van der Waals surface area contributed by atoms with Crippen LogP contribution >= 0.6 is 0 Å². The molecule has 0 amide bonds. The van der Waals surface area contributed by atoms with E-state index in [0.717, 1.165) is 18.4 Å². The molecule has 0 spiro atoms. The van der Waals surface area contributed by atoms with Gasteiger partial charge in [0.1, 0.15) is 0 Å². The van der Waals surface area contributed by atoms with Crippen molar-refractivity contribution >= 4 is 0 Å². The van der Waals surface area contributed by atoms with Gasteiger partial charge in [0.25, 0.3) is 0 Å². The van der Waals surface area contributed by atoms with E-state index in [9.17, 15) is 10.2 Å². The van der Waals surface area contributed by atoms with Gasteiger partial charge in [-0.3, -0.25) is 0 Å². The summed E-state index contributed by atoms with van der Waals surface area (Å²) in [6.45, 7) is 0. The lowest BCUT2D eigenvalue weighted by Crippen LogP contribution is -1.87. The first kappa shape index (κ1) is 18.4. The Hall–Kier alpha value is -1.96. The third kappa shape index (κ3) is 7.08. The van der Waals surface area contributed by atoms with Gasteiger partial charge in [-0.25, -0.2) is 0 Å². The van der Waals surface area contributed by atoms with Gasteiger partial charge in [0, 0.05) is 0 Å². The fourth-order valence-corrected chi connectivity index (χ4v) is 3.09. The van der Waals surface area contributed by atoms with Crippen LogP contribution in [0, 0.1) is 0 Å². The van der Waals surface area contributed by atoms with E-state index >= 15 is 0 Å². The highest BCUT2D eigenvalue weighted by Crippen LogP contribution is 2.25. The number of aryl methyl sites for hydroxylation is 2. The standard InChI is InChI=1S/C22H30O2/c23-21-17-16-20(18-22(21)24)15-9-6-4-2-1-3-5-8-12-19-13-10-7-11-14-19/h7,10-11,13-14,16-18,23-24H,1-6,8-9,12,15H2. The van der Waals surface area contributed by atoms with Crippen LogP contribution in [0.3, 0.4) is 0 Å². The molecule has 0 heterocycles. The zero-order chi connectivity index (χ0) is 17.0. The van der Waals surface area contributed by atoms with Crippen molar-refractivity contribution < 1.29 is 10.2 Å². The summed E-state index contributed by atoms with van der Waals surface area (Å²) in [5.41, 5.74) is 2.56. The second-order valence-corrected chi connectivity index (χ2v) is 6.64. The second-order valence-electron chi connectivity index (χ2n) is 6.64. The molecule has 130 valence electrons. The van der Waals surface area contributed by atoms with Crippen LogP contribution in [0.1, 0.15) is 62.5 Å². The van der Waals surface area contributed by atoms with Gasteiger partial charge in [-0.15, -0.1) is 0 Å². The monoisotopic (exact) mass is 326 g/mol. The van der Waals surface area contributed by atoms with Crippen LogP contribution in [-0.2, 0) is 12.8 Å². The second kappa shape index (κ2) is 10.7. The molecule has 2 aromatic carbocycles. The first-order valence-electron chi connectivity index (χ1n) is 9.30. The summed E-state index contributed by atoms with van der Waals surface area (Å²) >= 11 is 0. The predicted octanol–water partition coefficient (Wildman–Crippen LogP) is 6.00. The first-order valence-corrected chi connectivity index (χ1v) is 9.30. The van der Waals surface area contributed by atoms with E-state index in [4.69, 9.17) is 0 Å². The van der Waals surface area contributed by atoms with E-state index in [2.05, 4.69) is 30.3 Å². The summed E-state index contributed by atoms with van der Waals surface area (Å²) in [6.07, 6.45) is 12.5. The Morgan fingerprint density at radius 3 is 1.62 bits per heavy atom. The number of hydrogen-bond acceptors (Lipinski definition) is 2. The molecule has 0 unspecified atom stereocenters. The van der Waals surface area contributed by atoms with Gasteiger partial charge in [-0.05, 0) is 48.9 Å². The minimum Gasteiger partial charge on any atom is -0.504 e. The topological polar surface area (TPSA) is 40.5 Å². The highest BCUT2D eigenvalue weighted by Gasteiger charge is 2.00. The van der Waals surface area contributed by atoms with Crippen LogP contribution in [0.25, 0.3) is 0 Å². The number of hydrogen-bond donors (Lipinski definition) is 2. The highest BCUT2D eigenvalue weighted by molar-refractivity contribution is 5.40. The average Bonchev–Trinajstić information content (AvgIpc) is 2.60. The molecule has 0 aliphatic rings. The van der Waals surface area contributed by atoms with Crippen LogP contribution in [0.5, 0.6) is 11.5 Å². The van der Waals surface area contributed by atoms with Crippen LogP contribution in [-0.4, -0.2) is 10.2 Å². The van der Waals surface area contributed by atoms with Gasteiger partial charge in [-0.2, -0.15) is 0 Å². The molecule has 0 saturated heterocycles. The smallest absolute Gasteiger partial charge is 0.157 e. The predicted molar refractivity (Wildman–Crippen MR) is 101 cm³/mol. The molecular weight excluding hydrogens is 296 g/mol. The van der Waals surface area contributed by atoms with E-state index in [-0.39, 0.29) is 11.5 Å². The van der Waals surface area contributed by atoms with Gasteiger partial charge >= 0.3 is 0 Å². The number of unbranched alkanes of at least 4 members (excludes halogenated alkanes) is 7. The van der Waals surface area contributed by atoms with Crippen molar-refractivity contribution in [2.75, 3.05) is 0 Å². The van der Waals surface area contributed by atoms with Gasteiger partial charge < -0.3 is 10.2 Å². The zero-order valence-electron chi connectivity index (χ0n) is 14.6. The molecule has 2 N–H and O–H groups in total. The summed E-state index contributed by atoms with van der Waals surface area (Å²) in [7, 11) is 0. The molecule has 24 heavy (non-hydrogen) atoms. The normalized spacial score (nSPS) is 10.8. The summed E-state index contributed by atoms with van der Waals surface area (Å²) in [5.74, 6) is -0.0472. The van der Waals surface area contributed by atoms with Crippen molar-refractivity contribution in [3.8, 4) is 11.5 Å². The van der Waals surface area contributed by atoms with E-state index < -0.39 is 0 Å². The molecule has 0 radical (unpaired) electrons. The lowest BCUT2D eigenvalue weighted by Gasteiger charge is -2.05. The third-order valence-corrected chi connectivity index (χ3v) is 4.56. The molecule has 0 fully saturated rings. The number of rotatable bonds is 11. The third-order valence-electron chi connectivity index (χ3n) is 4.56. The minimum absolute atomic E-state index is 0.0111. The van der Waals surface area contributed by atoms with Gasteiger partial charge in [0.2, 0.25) is 0 Å². The molecule has 0 aliphatic carbocycles. The van der Waals surface area contributed by atoms with Crippen LogP contribution in [0.4, 0.5) is 0 Å². The summed E-state index contributed by atoms with van der Waals surface area (Å²) in [4.78, 5) is 0. The Balaban J connectivity index is 1.42. The van der Waals surface area contributed by atoms with Crippen molar-refractivity contribution in [2.24, 2.45) is 0 Å². The Morgan fingerprint density at radius 1 is 0.500 bits per heavy atom. The van der Waals surface area contributed by atoms with Crippen LogP contribution < -0.4 is 0 Å². The van der Waals surface area contributed by atoms with Gasteiger partial charge in [-0.1, -0.05) is 74.9 Å². The Morgan fingerprint density at radius 2 is 1.04 bits per heavy atom. The van der Waals surface area contributed by atoms with Crippen molar-refractivity contribution in [3.63, 3.8) is 0 Å². The van der Waals surface area contributed by atoms with Crippen molar-refractivity contribution in [2.45, 2.75) is 64.2 Å². The minimum atomic E-state index is -0.0361.